The Balaban J connectivity index is 1.50. The average Bonchev–Trinajstić information content (AvgIpc) is 2.98. The Morgan fingerprint density at radius 3 is 2.79 bits per heavy atom. The highest BCUT2D eigenvalue weighted by Crippen LogP contribution is 2.29. The van der Waals surface area contributed by atoms with Crippen molar-refractivity contribution in [3.63, 3.8) is 0 Å². The van der Waals surface area contributed by atoms with Crippen LogP contribution >= 0.6 is 11.6 Å². The van der Waals surface area contributed by atoms with Crippen molar-refractivity contribution in [1.29, 1.82) is 0 Å². The fraction of sp³-hybridized carbons (Fsp3) is 0.276. The molecule has 3 nitrogen and oxygen atoms in total. The lowest BCUT2D eigenvalue weighted by Crippen LogP contribution is -2.07. The van der Waals surface area contributed by atoms with Crippen LogP contribution in [-0.2, 0) is 11.8 Å². The summed E-state index contributed by atoms with van der Waals surface area (Å²) in [6.07, 6.45) is 26.1. The second-order valence-electron chi connectivity index (χ2n) is 8.59. The second-order valence-corrected chi connectivity index (χ2v) is 9.00. The molecule has 33 heavy (non-hydrogen) atoms. The van der Waals surface area contributed by atoms with Crippen LogP contribution < -0.4 is 0 Å². The van der Waals surface area contributed by atoms with Gasteiger partial charge in [-0.15, -0.1) is 0 Å². The van der Waals surface area contributed by atoms with Crippen molar-refractivity contribution in [2.24, 2.45) is 7.05 Å². The van der Waals surface area contributed by atoms with Crippen LogP contribution in [0, 0.1) is 6.92 Å². The summed E-state index contributed by atoms with van der Waals surface area (Å²) < 4.78 is 7.51. The van der Waals surface area contributed by atoms with E-state index in [1.807, 2.05) is 36.9 Å². The number of methoxy groups -OCH3 is 1. The molecule has 0 amide bonds. The summed E-state index contributed by atoms with van der Waals surface area (Å²) in [5, 5.41) is 0.729. The number of hydrogen-bond acceptors (Lipinski definition) is 2. The maximum atomic E-state index is 6.45. The van der Waals surface area contributed by atoms with Gasteiger partial charge in [0.15, 0.2) is 0 Å². The van der Waals surface area contributed by atoms with Crippen LogP contribution in [0.1, 0.15) is 37.1 Å². The third-order valence-corrected chi connectivity index (χ3v) is 6.42. The van der Waals surface area contributed by atoms with E-state index in [2.05, 4.69) is 60.8 Å². The molecular formula is C29H31ClN2O. The van der Waals surface area contributed by atoms with Gasteiger partial charge < -0.3 is 9.30 Å². The minimum absolute atomic E-state index is 0.233. The summed E-state index contributed by atoms with van der Waals surface area (Å²) in [6.45, 7) is 2.04. The van der Waals surface area contributed by atoms with E-state index in [4.69, 9.17) is 21.3 Å². The average molecular weight is 459 g/mol. The summed E-state index contributed by atoms with van der Waals surface area (Å²) in [4.78, 5) is 4.80. The van der Waals surface area contributed by atoms with Crippen LogP contribution in [0.5, 0.6) is 0 Å². The molecule has 0 aliphatic heterocycles. The lowest BCUT2D eigenvalue weighted by molar-refractivity contribution is 0.134. The molecule has 0 N–H and O–H groups in total. The first-order valence-electron chi connectivity index (χ1n) is 11.5. The normalized spacial score (nSPS) is 21.6. The number of aromatic nitrogens is 2. The smallest absolute Gasteiger partial charge is 0.133 e. The van der Waals surface area contributed by atoms with Crippen LogP contribution in [0.2, 0.25) is 5.02 Å². The first-order chi connectivity index (χ1) is 16.0. The SMILES string of the molecule is COC1/C=C\C/C(C2=CC=C(/C=C/c3nc(-c4ccc(C)cc4Cl)cn3C)C=CC2)=C\CC1. The van der Waals surface area contributed by atoms with Gasteiger partial charge in [-0.05, 0) is 67.0 Å². The summed E-state index contributed by atoms with van der Waals surface area (Å²) >= 11 is 6.45. The van der Waals surface area contributed by atoms with Crippen molar-refractivity contribution in [1.82, 2.24) is 9.55 Å². The molecule has 2 aliphatic carbocycles. The standard InChI is InChI=1S/C29H31ClN2O/c1-21-13-17-26(27(30)19-21)28-20-32(2)29(31-28)18-15-22-7-4-8-24(16-14-22)23-9-5-11-25(33-3)12-6-10-23/h4-5,7,10-11,13-20,25H,6,8-9,12H2,1-3H3/b11-5-,18-15+,23-10+. The van der Waals surface area contributed by atoms with Gasteiger partial charge in [-0.1, -0.05) is 72.3 Å². The number of rotatable bonds is 5. The Bertz CT molecular complexity index is 1190. The molecule has 1 atom stereocenters. The van der Waals surface area contributed by atoms with E-state index in [9.17, 15) is 0 Å². The van der Waals surface area contributed by atoms with Crippen LogP contribution in [0.15, 0.2) is 89.7 Å². The fourth-order valence-corrected chi connectivity index (χ4v) is 4.49. The lowest BCUT2D eigenvalue weighted by Gasteiger charge is -2.15. The van der Waals surface area contributed by atoms with Crippen molar-refractivity contribution >= 4 is 17.7 Å². The highest BCUT2D eigenvalue weighted by Gasteiger charge is 2.11. The van der Waals surface area contributed by atoms with Gasteiger partial charge in [0.25, 0.3) is 0 Å². The van der Waals surface area contributed by atoms with Gasteiger partial charge in [0.1, 0.15) is 5.82 Å². The van der Waals surface area contributed by atoms with Crippen LogP contribution in [0.3, 0.4) is 0 Å². The monoisotopic (exact) mass is 458 g/mol. The summed E-state index contributed by atoms with van der Waals surface area (Å²) in [5.74, 6) is 0.893. The van der Waals surface area contributed by atoms with Crippen LogP contribution in [0.25, 0.3) is 17.3 Å². The lowest BCUT2D eigenvalue weighted by atomic mass is 9.95. The molecular weight excluding hydrogens is 428 g/mol. The summed E-state index contributed by atoms with van der Waals surface area (Å²) in [7, 11) is 3.79. The number of benzene rings is 1. The summed E-state index contributed by atoms with van der Waals surface area (Å²) in [6, 6.07) is 6.07. The van der Waals surface area contributed by atoms with E-state index in [0.29, 0.717) is 0 Å². The van der Waals surface area contributed by atoms with Gasteiger partial charge in [0.05, 0.1) is 16.8 Å². The van der Waals surface area contributed by atoms with E-state index in [1.165, 1.54) is 11.1 Å². The molecule has 0 fully saturated rings. The fourth-order valence-electron chi connectivity index (χ4n) is 4.16. The van der Waals surface area contributed by atoms with Crippen molar-refractivity contribution < 1.29 is 4.74 Å². The zero-order valence-corrected chi connectivity index (χ0v) is 20.3. The van der Waals surface area contributed by atoms with E-state index < -0.39 is 0 Å². The Labute approximate surface area is 202 Å². The molecule has 4 heteroatoms. The molecule has 1 heterocycles. The maximum absolute atomic E-state index is 6.45. The third kappa shape index (κ3) is 5.93. The number of hydrogen-bond donors (Lipinski definition) is 0. The molecule has 0 saturated carbocycles. The quantitative estimate of drug-likeness (QED) is 0.432. The second kappa shape index (κ2) is 10.8. The molecule has 0 saturated heterocycles. The van der Waals surface area contributed by atoms with Crippen molar-refractivity contribution in [3.8, 4) is 11.3 Å². The van der Waals surface area contributed by atoms with Gasteiger partial charge in [0, 0.05) is 25.9 Å². The van der Waals surface area contributed by atoms with Gasteiger partial charge in [-0.25, -0.2) is 4.98 Å². The molecule has 2 aliphatic rings. The molecule has 170 valence electrons. The zero-order valence-electron chi connectivity index (χ0n) is 19.6. The number of imidazole rings is 1. The number of halogens is 1. The molecule has 2 aromatic rings. The van der Waals surface area contributed by atoms with Crippen LogP contribution in [-0.4, -0.2) is 22.8 Å². The maximum Gasteiger partial charge on any atom is 0.133 e. The van der Waals surface area contributed by atoms with Gasteiger partial charge in [0.2, 0.25) is 0 Å². The Kier molecular flexibility index (Phi) is 7.64. The Hall–Kier alpha value is -2.88. The van der Waals surface area contributed by atoms with Crippen LogP contribution in [0.4, 0.5) is 0 Å². The topological polar surface area (TPSA) is 27.1 Å². The highest BCUT2D eigenvalue weighted by atomic mass is 35.5. The molecule has 0 radical (unpaired) electrons. The van der Waals surface area contributed by atoms with Crippen molar-refractivity contribution in [2.45, 2.75) is 38.7 Å². The van der Waals surface area contributed by atoms with E-state index in [-0.39, 0.29) is 6.10 Å². The first-order valence-corrected chi connectivity index (χ1v) is 11.9. The Morgan fingerprint density at radius 1 is 1.12 bits per heavy atom. The molecule has 0 bridgehead atoms. The number of nitrogens with zero attached hydrogens (tertiary/aromatic N) is 2. The highest BCUT2D eigenvalue weighted by molar-refractivity contribution is 6.33. The third-order valence-electron chi connectivity index (χ3n) is 6.11. The largest absolute Gasteiger partial charge is 0.377 e. The molecule has 0 spiro atoms. The van der Waals surface area contributed by atoms with E-state index in [0.717, 1.165) is 58.9 Å². The van der Waals surface area contributed by atoms with E-state index >= 15 is 0 Å². The van der Waals surface area contributed by atoms with Gasteiger partial charge >= 0.3 is 0 Å². The zero-order chi connectivity index (χ0) is 23.2. The number of allylic oxidation sites excluding steroid dienone is 10. The first kappa shape index (κ1) is 23.3. The summed E-state index contributed by atoms with van der Waals surface area (Å²) in [5.41, 5.74) is 6.93. The van der Waals surface area contributed by atoms with Crippen molar-refractivity contribution in [3.05, 3.63) is 106 Å². The molecule has 1 aromatic carbocycles. The molecule has 1 unspecified atom stereocenters. The van der Waals surface area contributed by atoms with Gasteiger partial charge in [-0.3, -0.25) is 0 Å². The Morgan fingerprint density at radius 2 is 1.97 bits per heavy atom. The number of aryl methyl sites for hydroxylation is 2. The number of ether oxygens (including phenoxy) is 1. The van der Waals surface area contributed by atoms with E-state index in [1.54, 1.807) is 7.11 Å². The van der Waals surface area contributed by atoms with Gasteiger partial charge in [-0.2, -0.15) is 0 Å². The minimum atomic E-state index is 0.233. The molecule has 4 rings (SSSR count). The predicted octanol–water partition coefficient (Wildman–Crippen LogP) is 7.56. The van der Waals surface area contributed by atoms with Crippen molar-refractivity contribution in [2.75, 3.05) is 7.11 Å². The molecule has 1 aromatic heterocycles. The minimum Gasteiger partial charge on any atom is -0.377 e. The predicted molar refractivity (Wildman–Crippen MR) is 139 cm³/mol.